The zero-order chi connectivity index (χ0) is 15.5. The molecule has 2 aromatic rings. The second kappa shape index (κ2) is 6.39. The normalized spacial score (nSPS) is 11.6. The predicted octanol–water partition coefficient (Wildman–Crippen LogP) is 2.24. The van der Waals surface area contributed by atoms with Crippen molar-refractivity contribution in [2.24, 2.45) is 5.14 Å². The fourth-order valence-corrected chi connectivity index (χ4v) is 2.64. The van der Waals surface area contributed by atoms with Gasteiger partial charge in [0.2, 0.25) is 10.0 Å². The Bertz CT molecular complexity index is 722. The van der Waals surface area contributed by atoms with E-state index in [-0.39, 0.29) is 4.90 Å². The van der Waals surface area contributed by atoms with Crippen molar-refractivity contribution in [2.75, 3.05) is 0 Å². The third-order valence-corrected chi connectivity index (χ3v) is 4.33. The monoisotopic (exact) mass is 304 g/mol. The Balaban J connectivity index is 1.96. The highest BCUT2D eigenvalue weighted by Gasteiger charge is 2.06. The van der Waals surface area contributed by atoms with Crippen molar-refractivity contribution in [2.45, 2.75) is 31.8 Å². The number of hydrogen-bond donors (Lipinski definition) is 2. The van der Waals surface area contributed by atoms with Crippen molar-refractivity contribution in [1.29, 1.82) is 0 Å². The number of sulfonamides is 1. The van der Waals surface area contributed by atoms with E-state index in [0.29, 0.717) is 6.54 Å². The summed E-state index contributed by atoms with van der Waals surface area (Å²) in [5.41, 5.74) is 4.80. The van der Waals surface area contributed by atoms with Crippen molar-refractivity contribution in [3.63, 3.8) is 0 Å². The number of aryl methyl sites for hydroxylation is 2. The van der Waals surface area contributed by atoms with Crippen LogP contribution in [0.1, 0.15) is 22.3 Å². The first-order chi connectivity index (χ1) is 9.86. The molecule has 0 heterocycles. The second-order valence-corrected chi connectivity index (χ2v) is 6.78. The van der Waals surface area contributed by atoms with E-state index in [1.807, 2.05) is 0 Å². The summed E-state index contributed by atoms with van der Waals surface area (Å²) in [6, 6.07) is 13.0. The maximum Gasteiger partial charge on any atom is 0.238 e. The van der Waals surface area contributed by atoms with E-state index in [4.69, 9.17) is 5.14 Å². The molecular weight excluding hydrogens is 284 g/mol. The molecule has 0 saturated heterocycles. The summed E-state index contributed by atoms with van der Waals surface area (Å²) in [7, 11) is -3.61. The molecule has 0 bridgehead atoms. The van der Waals surface area contributed by atoms with Gasteiger partial charge in [0.25, 0.3) is 0 Å². The standard InChI is InChI=1S/C16H20N2O2S/c1-12-3-4-13(2)15(9-12)11-18-10-14-5-7-16(8-6-14)21(17,19)20/h3-9,18H,10-11H2,1-2H3,(H2,17,19,20). The average Bonchev–Trinajstić information content (AvgIpc) is 2.42. The molecule has 0 amide bonds. The van der Waals surface area contributed by atoms with Crippen LogP contribution in [0, 0.1) is 13.8 Å². The SMILES string of the molecule is Cc1ccc(C)c(CNCc2ccc(S(N)(=O)=O)cc2)c1. The predicted molar refractivity (Wildman–Crippen MR) is 84.3 cm³/mol. The molecule has 4 nitrogen and oxygen atoms in total. The molecule has 5 heteroatoms. The molecule has 0 aliphatic carbocycles. The van der Waals surface area contributed by atoms with Crippen molar-refractivity contribution in [1.82, 2.24) is 5.32 Å². The van der Waals surface area contributed by atoms with Crippen molar-refractivity contribution >= 4 is 10.0 Å². The van der Waals surface area contributed by atoms with Gasteiger partial charge >= 0.3 is 0 Å². The van der Waals surface area contributed by atoms with Gasteiger partial charge in [0.05, 0.1) is 4.90 Å². The molecule has 0 aliphatic rings. The van der Waals surface area contributed by atoms with Crippen LogP contribution in [0.4, 0.5) is 0 Å². The Hall–Kier alpha value is -1.69. The summed E-state index contributed by atoms with van der Waals surface area (Å²) >= 11 is 0. The van der Waals surface area contributed by atoms with Crippen molar-refractivity contribution in [3.05, 3.63) is 64.7 Å². The van der Waals surface area contributed by atoms with Crippen LogP contribution >= 0.6 is 0 Å². The summed E-state index contributed by atoms with van der Waals surface area (Å²) in [6.07, 6.45) is 0. The first-order valence-corrected chi connectivity index (χ1v) is 8.29. The minimum absolute atomic E-state index is 0.140. The number of benzene rings is 2. The lowest BCUT2D eigenvalue weighted by atomic mass is 10.1. The Morgan fingerprint density at radius 1 is 1.00 bits per heavy atom. The molecule has 0 aromatic heterocycles. The summed E-state index contributed by atoms with van der Waals surface area (Å²) in [5.74, 6) is 0. The summed E-state index contributed by atoms with van der Waals surface area (Å²) in [5, 5.41) is 8.43. The smallest absolute Gasteiger partial charge is 0.238 e. The van der Waals surface area contributed by atoms with E-state index >= 15 is 0 Å². The quantitative estimate of drug-likeness (QED) is 0.890. The van der Waals surface area contributed by atoms with E-state index in [1.165, 1.54) is 28.8 Å². The van der Waals surface area contributed by atoms with E-state index in [1.54, 1.807) is 12.1 Å². The van der Waals surface area contributed by atoms with Gasteiger partial charge in [0, 0.05) is 13.1 Å². The third-order valence-electron chi connectivity index (χ3n) is 3.40. The number of nitrogens with one attached hydrogen (secondary N) is 1. The van der Waals surface area contributed by atoms with Gasteiger partial charge in [-0.05, 0) is 42.7 Å². The van der Waals surface area contributed by atoms with Crippen LogP contribution in [0.25, 0.3) is 0 Å². The molecule has 3 N–H and O–H groups in total. The van der Waals surface area contributed by atoms with Gasteiger partial charge in [-0.25, -0.2) is 13.6 Å². The fraction of sp³-hybridized carbons (Fsp3) is 0.250. The zero-order valence-corrected chi connectivity index (χ0v) is 13.1. The van der Waals surface area contributed by atoms with Gasteiger partial charge in [-0.2, -0.15) is 0 Å². The minimum atomic E-state index is -3.61. The zero-order valence-electron chi connectivity index (χ0n) is 12.3. The van der Waals surface area contributed by atoms with Crippen molar-refractivity contribution in [3.8, 4) is 0 Å². The van der Waals surface area contributed by atoms with Crippen LogP contribution in [0.2, 0.25) is 0 Å². The van der Waals surface area contributed by atoms with E-state index in [0.717, 1.165) is 12.1 Å². The molecule has 0 unspecified atom stereocenters. The summed E-state index contributed by atoms with van der Waals surface area (Å²) < 4.78 is 22.3. The highest BCUT2D eigenvalue weighted by atomic mass is 32.2. The summed E-state index contributed by atoms with van der Waals surface area (Å²) in [6.45, 7) is 5.63. The van der Waals surface area contributed by atoms with E-state index in [9.17, 15) is 8.42 Å². The van der Waals surface area contributed by atoms with Crippen LogP contribution in [-0.2, 0) is 23.1 Å². The van der Waals surface area contributed by atoms with Gasteiger partial charge in [-0.1, -0.05) is 35.9 Å². The fourth-order valence-electron chi connectivity index (χ4n) is 2.13. The number of nitrogens with two attached hydrogens (primary N) is 1. The van der Waals surface area contributed by atoms with Crippen LogP contribution in [0.15, 0.2) is 47.4 Å². The molecule has 2 aromatic carbocycles. The van der Waals surface area contributed by atoms with Crippen LogP contribution in [0.5, 0.6) is 0 Å². The van der Waals surface area contributed by atoms with Crippen LogP contribution in [-0.4, -0.2) is 8.42 Å². The lowest BCUT2D eigenvalue weighted by molar-refractivity contribution is 0.597. The Morgan fingerprint density at radius 2 is 1.67 bits per heavy atom. The topological polar surface area (TPSA) is 72.2 Å². The third kappa shape index (κ3) is 4.39. The molecule has 0 fully saturated rings. The highest BCUT2D eigenvalue weighted by Crippen LogP contribution is 2.11. The summed E-state index contributed by atoms with van der Waals surface area (Å²) in [4.78, 5) is 0.140. The van der Waals surface area contributed by atoms with Gasteiger partial charge in [-0.15, -0.1) is 0 Å². The number of hydrogen-bond acceptors (Lipinski definition) is 3. The average molecular weight is 304 g/mol. The van der Waals surface area contributed by atoms with Crippen LogP contribution in [0.3, 0.4) is 0 Å². The van der Waals surface area contributed by atoms with Gasteiger partial charge in [0.15, 0.2) is 0 Å². The highest BCUT2D eigenvalue weighted by molar-refractivity contribution is 7.89. The largest absolute Gasteiger partial charge is 0.309 e. The lowest BCUT2D eigenvalue weighted by Crippen LogP contribution is -2.14. The maximum absolute atomic E-state index is 11.2. The second-order valence-electron chi connectivity index (χ2n) is 5.22. The van der Waals surface area contributed by atoms with Gasteiger partial charge < -0.3 is 5.32 Å². The maximum atomic E-state index is 11.2. The first-order valence-electron chi connectivity index (χ1n) is 6.75. The molecule has 21 heavy (non-hydrogen) atoms. The minimum Gasteiger partial charge on any atom is -0.309 e. The number of rotatable bonds is 5. The molecule has 0 atom stereocenters. The Morgan fingerprint density at radius 3 is 2.29 bits per heavy atom. The molecule has 0 aliphatic heterocycles. The molecule has 0 radical (unpaired) electrons. The van der Waals surface area contributed by atoms with Gasteiger partial charge in [-0.3, -0.25) is 0 Å². The first kappa shape index (κ1) is 15.7. The molecule has 112 valence electrons. The molecular formula is C16H20N2O2S. The molecule has 2 rings (SSSR count). The Kier molecular flexibility index (Phi) is 4.77. The van der Waals surface area contributed by atoms with E-state index in [2.05, 4.69) is 37.4 Å². The van der Waals surface area contributed by atoms with Gasteiger partial charge in [0.1, 0.15) is 0 Å². The molecule has 0 spiro atoms. The van der Waals surface area contributed by atoms with E-state index < -0.39 is 10.0 Å². The van der Waals surface area contributed by atoms with Crippen LogP contribution < -0.4 is 10.5 Å². The molecule has 0 saturated carbocycles. The Labute approximate surface area is 126 Å². The van der Waals surface area contributed by atoms with Crippen molar-refractivity contribution < 1.29 is 8.42 Å². The lowest BCUT2D eigenvalue weighted by Gasteiger charge is -2.09. The number of primary sulfonamides is 1.